The number of rotatable bonds is 2. The summed E-state index contributed by atoms with van der Waals surface area (Å²) in [4.78, 5) is 6.50. The summed E-state index contributed by atoms with van der Waals surface area (Å²) in [5, 5.41) is 10.7. The molecule has 0 saturated heterocycles. The van der Waals surface area contributed by atoms with Gasteiger partial charge < -0.3 is 10.0 Å². The van der Waals surface area contributed by atoms with Crippen molar-refractivity contribution in [1.82, 2.24) is 9.36 Å². The second kappa shape index (κ2) is 4.28. The van der Waals surface area contributed by atoms with Gasteiger partial charge in [0.25, 0.3) is 0 Å². The van der Waals surface area contributed by atoms with Crippen molar-refractivity contribution >= 4 is 22.4 Å². The number of hydrogen-bond acceptors (Lipinski definition) is 5. The molecule has 0 fully saturated rings. The van der Waals surface area contributed by atoms with E-state index in [0.717, 1.165) is 22.9 Å². The van der Waals surface area contributed by atoms with Crippen LogP contribution in [-0.2, 0) is 5.41 Å². The van der Waals surface area contributed by atoms with Crippen molar-refractivity contribution < 1.29 is 5.11 Å². The van der Waals surface area contributed by atoms with Gasteiger partial charge in [-0.15, -0.1) is 0 Å². The topological polar surface area (TPSA) is 49.2 Å². The number of nitrogens with zero attached hydrogens (tertiary/aromatic N) is 3. The van der Waals surface area contributed by atoms with Crippen LogP contribution in [0.15, 0.2) is 24.5 Å². The third-order valence-electron chi connectivity index (χ3n) is 3.66. The Kier molecular flexibility index (Phi) is 2.83. The molecule has 100 valence electrons. The third-order valence-corrected chi connectivity index (χ3v) is 4.35. The minimum absolute atomic E-state index is 0.0816. The Labute approximate surface area is 116 Å². The molecule has 1 aromatic carbocycles. The Hall–Kier alpha value is -1.46. The van der Waals surface area contributed by atoms with Crippen LogP contribution in [0, 0.1) is 0 Å². The molecule has 1 aliphatic heterocycles. The molecule has 1 N–H and O–H groups in total. The van der Waals surface area contributed by atoms with Gasteiger partial charge in [0.2, 0.25) is 5.13 Å². The van der Waals surface area contributed by atoms with Crippen LogP contribution < -0.4 is 4.90 Å². The second-order valence-electron chi connectivity index (χ2n) is 5.65. The highest BCUT2D eigenvalue weighted by Gasteiger charge is 2.37. The standard InChI is InChI=1S/C14H17N3OS/c1-9(18)10-4-5-11-12(6-10)17(7-14(11,2)3)13-15-8-16-19-13/h4-6,8-9,18H,7H2,1-3H3/t9-/m0/s1. The van der Waals surface area contributed by atoms with Crippen LogP contribution in [0.25, 0.3) is 0 Å². The zero-order valence-corrected chi connectivity index (χ0v) is 12.1. The molecule has 0 spiro atoms. The fraction of sp³-hybridized carbons (Fsp3) is 0.429. The van der Waals surface area contributed by atoms with E-state index < -0.39 is 6.10 Å². The first-order chi connectivity index (χ1) is 8.99. The van der Waals surface area contributed by atoms with Crippen molar-refractivity contribution in [2.75, 3.05) is 11.4 Å². The van der Waals surface area contributed by atoms with E-state index in [1.807, 2.05) is 6.07 Å². The van der Waals surface area contributed by atoms with E-state index in [1.54, 1.807) is 13.3 Å². The van der Waals surface area contributed by atoms with Gasteiger partial charge in [-0.05, 0) is 24.1 Å². The van der Waals surface area contributed by atoms with Crippen LogP contribution in [0.3, 0.4) is 0 Å². The van der Waals surface area contributed by atoms with Gasteiger partial charge >= 0.3 is 0 Å². The summed E-state index contributed by atoms with van der Waals surface area (Å²) in [6.07, 6.45) is 1.13. The number of anilines is 2. The largest absolute Gasteiger partial charge is 0.389 e. The highest BCUT2D eigenvalue weighted by Crippen LogP contribution is 2.45. The number of fused-ring (bicyclic) bond motifs is 1. The van der Waals surface area contributed by atoms with Gasteiger partial charge in [-0.2, -0.15) is 4.37 Å². The van der Waals surface area contributed by atoms with Crippen LogP contribution in [0.2, 0.25) is 0 Å². The predicted octanol–water partition coefficient (Wildman–Crippen LogP) is 3.02. The maximum Gasteiger partial charge on any atom is 0.209 e. The van der Waals surface area contributed by atoms with E-state index in [0.29, 0.717) is 0 Å². The molecular weight excluding hydrogens is 258 g/mol. The number of benzene rings is 1. The van der Waals surface area contributed by atoms with Gasteiger partial charge in [0.15, 0.2) is 0 Å². The zero-order valence-electron chi connectivity index (χ0n) is 11.3. The Balaban J connectivity index is 2.12. The molecule has 0 bridgehead atoms. The molecule has 2 heterocycles. The Morgan fingerprint density at radius 2 is 2.21 bits per heavy atom. The lowest BCUT2D eigenvalue weighted by Crippen LogP contribution is -2.24. The van der Waals surface area contributed by atoms with E-state index in [9.17, 15) is 5.11 Å². The lowest BCUT2D eigenvalue weighted by Gasteiger charge is -2.19. The van der Waals surface area contributed by atoms with Crippen molar-refractivity contribution in [2.24, 2.45) is 0 Å². The molecule has 0 unspecified atom stereocenters. The van der Waals surface area contributed by atoms with Gasteiger partial charge in [0.1, 0.15) is 6.33 Å². The highest BCUT2D eigenvalue weighted by molar-refractivity contribution is 7.09. The van der Waals surface area contributed by atoms with Crippen LogP contribution in [-0.4, -0.2) is 21.0 Å². The molecule has 0 saturated carbocycles. The monoisotopic (exact) mass is 275 g/mol. The maximum atomic E-state index is 9.76. The molecule has 5 heteroatoms. The van der Waals surface area contributed by atoms with Crippen LogP contribution in [0.1, 0.15) is 38.0 Å². The summed E-state index contributed by atoms with van der Waals surface area (Å²) >= 11 is 1.40. The lowest BCUT2D eigenvalue weighted by molar-refractivity contribution is 0.199. The fourth-order valence-electron chi connectivity index (χ4n) is 2.63. The first kappa shape index (κ1) is 12.6. The summed E-state index contributed by atoms with van der Waals surface area (Å²) in [6, 6.07) is 6.20. The smallest absolute Gasteiger partial charge is 0.209 e. The molecule has 1 aliphatic rings. The molecule has 3 rings (SSSR count). The van der Waals surface area contributed by atoms with Gasteiger partial charge in [0, 0.05) is 29.2 Å². The van der Waals surface area contributed by atoms with Crippen molar-refractivity contribution in [3.8, 4) is 0 Å². The van der Waals surface area contributed by atoms with E-state index in [1.165, 1.54) is 17.1 Å². The first-order valence-electron chi connectivity index (χ1n) is 6.36. The normalized spacial score (nSPS) is 18.4. The van der Waals surface area contributed by atoms with Gasteiger partial charge in [-0.3, -0.25) is 0 Å². The Bertz CT molecular complexity index is 593. The number of aliphatic hydroxyl groups is 1. The molecule has 0 aliphatic carbocycles. The van der Waals surface area contributed by atoms with Gasteiger partial charge in [-0.25, -0.2) is 4.98 Å². The van der Waals surface area contributed by atoms with Crippen LogP contribution >= 0.6 is 11.5 Å². The summed E-state index contributed by atoms with van der Waals surface area (Å²) in [5.41, 5.74) is 3.45. The molecule has 2 aromatic rings. The SMILES string of the molecule is C[C@H](O)c1ccc2c(c1)N(c1ncns1)CC2(C)C. The summed E-state index contributed by atoms with van der Waals surface area (Å²) in [6.45, 7) is 7.14. The number of aliphatic hydroxyl groups excluding tert-OH is 1. The van der Waals surface area contributed by atoms with Crippen molar-refractivity contribution in [1.29, 1.82) is 0 Å². The fourth-order valence-corrected chi connectivity index (χ4v) is 3.17. The quantitative estimate of drug-likeness (QED) is 0.915. The van der Waals surface area contributed by atoms with Crippen molar-refractivity contribution in [3.05, 3.63) is 35.7 Å². The molecule has 0 amide bonds. The van der Waals surface area contributed by atoms with Crippen LogP contribution in [0.5, 0.6) is 0 Å². The zero-order chi connectivity index (χ0) is 13.6. The molecule has 4 nitrogen and oxygen atoms in total. The molecule has 19 heavy (non-hydrogen) atoms. The molecule has 1 aromatic heterocycles. The van der Waals surface area contributed by atoms with Crippen molar-refractivity contribution in [3.63, 3.8) is 0 Å². The maximum absolute atomic E-state index is 9.76. The lowest BCUT2D eigenvalue weighted by atomic mass is 9.86. The average Bonchev–Trinajstić information content (AvgIpc) is 2.96. The average molecular weight is 275 g/mol. The Morgan fingerprint density at radius 3 is 2.84 bits per heavy atom. The number of aromatic nitrogens is 2. The van der Waals surface area contributed by atoms with Gasteiger partial charge in [0.05, 0.1) is 6.10 Å². The second-order valence-corrected chi connectivity index (χ2v) is 6.40. The van der Waals surface area contributed by atoms with Crippen molar-refractivity contribution in [2.45, 2.75) is 32.3 Å². The summed E-state index contributed by atoms with van der Waals surface area (Å²) in [7, 11) is 0. The molecule has 1 atom stereocenters. The minimum Gasteiger partial charge on any atom is -0.389 e. The summed E-state index contributed by atoms with van der Waals surface area (Å²) < 4.78 is 4.08. The first-order valence-corrected chi connectivity index (χ1v) is 7.13. The Morgan fingerprint density at radius 1 is 1.42 bits per heavy atom. The van der Waals surface area contributed by atoms with Gasteiger partial charge in [-0.1, -0.05) is 26.0 Å². The highest BCUT2D eigenvalue weighted by atomic mass is 32.1. The number of hydrogen-bond donors (Lipinski definition) is 1. The van der Waals surface area contributed by atoms with E-state index >= 15 is 0 Å². The predicted molar refractivity (Wildman–Crippen MR) is 77.0 cm³/mol. The van der Waals surface area contributed by atoms with Crippen LogP contribution in [0.4, 0.5) is 10.8 Å². The van der Waals surface area contributed by atoms with E-state index in [2.05, 4.69) is 40.2 Å². The van der Waals surface area contributed by atoms with E-state index in [-0.39, 0.29) is 5.41 Å². The van der Waals surface area contributed by atoms with E-state index in [4.69, 9.17) is 0 Å². The molecule has 0 radical (unpaired) electrons. The minimum atomic E-state index is -0.453. The third kappa shape index (κ3) is 2.03. The molecular formula is C14H17N3OS. The summed E-state index contributed by atoms with van der Waals surface area (Å²) in [5.74, 6) is 0.